The van der Waals surface area contributed by atoms with Crippen LogP contribution in [-0.4, -0.2) is 21.9 Å². The lowest BCUT2D eigenvalue weighted by atomic mass is 10.1. The third-order valence-electron chi connectivity index (χ3n) is 4.58. The van der Waals surface area contributed by atoms with Crippen LogP contribution in [0.2, 0.25) is 5.02 Å². The van der Waals surface area contributed by atoms with Gasteiger partial charge in [-0.2, -0.15) is 0 Å². The average molecular weight is 420 g/mol. The van der Waals surface area contributed by atoms with Gasteiger partial charge in [0.2, 0.25) is 5.91 Å². The fourth-order valence-corrected chi connectivity index (χ4v) is 3.76. The van der Waals surface area contributed by atoms with E-state index in [-0.39, 0.29) is 11.7 Å². The summed E-state index contributed by atoms with van der Waals surface area (Å²) in [5, 5.41) is 15.2. The van der Waals surface area contributed by atoms with Gasteiger partial charge in [-0.1, -0.05) is 65.8 Å². The Bertz CT molecular complexity index is 1180. The Morgan fingerprint density at radius 3 is 2.59 bits per heavy atom. The number of aromatic nitrogens is 2. The minimum atomic E-state index is -0.110. The van der Waals surface area contributed by atoms with E-state index in [9.17, 15) is 4.79 Å². The molecule has 1 N–H and O–H groups in total. The van der Waals surface area contributed by atoms with Crippen molar-refractivity contribution in [3.8, 4) is 11.3 Å². The predicted molar refractivity (Wildman–Crippen MR) is 121 cm³/mol. The molecule has 3 aromatic carbocycles. The number of anilines is 1. The highest BCUT2D eigenvalue weighted by Crippen LogP contribution is 2.25. The summed E-state index contributed by atoms with van der Waals surface area (Å²) in [5.41, 5.74) is 3.40. The molecule has 0 spiro atoms. The zero-order chi connectivity index (χ0) is 20.2. The number of hydrogen-bond acceptors (Lipinski definition) is 4. The van der Waals surface area contributed by atoms with E-state index < -0.39 is 0 Å². The third-order valence-corrected chi connectivity index (χ3v) is 5.91. The van der Waals surface area contributed by atoms with Crippen molar-refractivity contribution in [1.82, 2.24) is 10.2 Å². The second-order valence-electron chi connectivity index (χ2n) is 6.57. The Kier molecular flexibility index (Phi) is 5.79. The van der Waals surface area contributed by atoms with Gasteiger partial charge in [-0.15, -0.1) is 10.2 Å². The first-order valence-corrected chi connectivity index (χ1v) is 10.5. The number of carbonyl (C=O) groups excluding carboxylic acids is 1. The van der Waals surface area contributed by atoms with E-state index in [2.05, 4.69) is 39.8 Å². The molecular weight excluding hydrogens is 402 g/mol. The molecular formula is C23H18ClN3OS. The van der Waals surface area contributed by atoms with E-state index in [4.69, 9.17) is 11.6 Å². The first-order valence-electron chi connectivity index (χ1n) is 9.11. The number of benzene rings is 3. The fourth-order valence-electron chi connectivity index (χ4n) is 2.97. The molecule has 6 heteroatoms. The maximum absolute atomic E-state index is 12.2. The summed E-state index contributed by atoms with van der Waals surface area (Å²) >= 11 is 7.44. The molecule has 1 amide bonds. The molecule has 4 rings (SSSR count). The van der Waals surface area contributed by atoms with E-state index in [1.807, 2.05) is 49.4 Å². The average Bonchev–Trinajstić information content (AvgIpc) is 2.75. The van der Waals surface area contributed by atoms with Crippen molar-refractivity contribution in [3.63, 3.8) is 0 Å². The summed E-state index contributed by atoms with van der Waals surface area (Å²) in [5.74, 6) is 0.136. The highest BCUT2D eigenvalue weighted by atomic mass is 35.5. The van der Waals surface area contributed by atoms with Gasteiger partial charge in [0, 0.05) is 16.3 Å². The van der Waals surface area contributed by atoms with Gasteiger partial charge in [-0.25, -0.2) is 0 Å². The molecule has 0 atom stereocenters. The molecule has 0 saturated heterocycles. The highest BCUT2D eigenvalue weighted by Gasteiger charge is 2.09. The maximum atomic E-state index is 12.2. The van der Waals surface area contributed by atoms with Crippen LogP contribution in [0, 0.1) is 6.92 Å². The van der Waals surface area contributed by atoms with E-state index in [1.54, 1.807) is 6.07 Å². The van der Waals surface area contributed by atoms with Crippen molar-refractivity contribution in [3.05, 3.63) is 83.4 Å². The first kappa shape index (κ1) is 19.4. The number of hydrogen-bond donors (Lipinski definition) is 1. The molecule has 0 aliphatic heterocycles. The molecule has 0 fully saturated rings. The minimum Gasteiger partial charge on any atom is -0.325 e. The molecule has 0 unspecified atom stereocenters. The molecule has 0 radical (unpaired) electrons. The van der Waals surface area contributed by atoms with E-state index in [0.717, 1.165) is 22.5 Å². The second kappa shape index (κ2) is 8.64. The standard InChI is InChI=1S/C23H18ClN3OS/c1-15-19(24)7-4-8-20(15)25-22(28)14-29-23-12-11-21(26-27-23)18-10-9-16-5-2-3-6-17(16)13-18/h2-13H,14H2,1H3,(H,25,28). The number of amides is 1. The van der Waals surface area contributed by atoms with E-state index >= 15 is 0 Å². The van der Waals surface area contributed by atoms with Crippen molar-refractivity contribution in [2.75, 3.05) is 11.1 Å². The number of rotatable bonds is 5. The monoisotopic (exact) mass is 419 g/mol. The lowest BCUT2D eigenvalue weighted by Gasteiger charge is -2.09. The molecule has 29 heavy (non-hydrogen) atoms. The van der Waals surface area contributed by atoms with Gasteiger partial charge in [0.05, 0.1) is 11.4 Å². The van der Waals surface area contributed by atoms with Gasteiger partial charge in [0.15, 0.2) is 0 Å². The molecule has 0 saturated carbocycles. The molecule has 1 aromatic heterocycles. The Labute approximate surface area is 178 Å². The van der Waals surface area contributed by atoms with Crippen molar-refractivity contribution >= 4 is 45.7 Å². The molecule has 144 valence electrons. The van der Waals surface area contributed by atoms with Gasteiger partial charge >= 0.3 is 0 Å². The molecule has 4 aromatic rings. The summed E-state index contributed by atoms with van der Waals surface area (Å²) in [6.45, 7) is 1.88. The van der Waals surface area contributed by atoms with Crippen LogP contribution in [0.3, 0.4) is 0 Å². The lowest BCUT2D eigenvalue weighted by molar-refractivity contribution is -0.113. The van der Waals surface area contributed by atoms with Crippen LogP contribution in [0.15, 0.2) is 77.8 Å². The predicted octanol–water partition coefficient (Wildman–Crippen LogP) is 5.99. The zero-order valence-corrected chi connectivity index (χ0v) is 17.3. The third kappa shape index (κ3) is 4.58. The van der Waals surface area contributed by atoms with Crippen LogP contribution in [-0.2, 0) is 4.79 Å². The molecule has 0 bridgehead atoms. The Balaban J connectivity index is 1.40. The molecule has 4 nitrogen and oxygen atoms in total. The highest BCUT2D eigenvalue weighted by molar-refractivity contribution is 7.99. The van der Waals surface area contributed by atoms with Gasteiger partial charge in [-0.05, 0) is 53.6 Å². The van der Waals surface area contributed by atoms with Crippen molar-refractivity contribution in [2.24, 2.45) is 0 Å². The van der Waals surface area contributed by atoms with Gasteiger partial charge in [0.25, 0.3) is 0 Å². The Morgan fingerprint density at radius 2 is 1.79 bits per heavy atom. The SMILES string of the molecule is Cc1c(Cl)cccc1NC(=O)CSc1ccc(-c2ccc3ccccc3c2)nn1. The van der Waals surface area contributed by atoms with Crippen LogP contribution in [0.1, 0.15) is 5.56 Å². The summed E-state index contributed by atoms with van der Waals surface area (Å²) in [6.07, 6.45) is 0. The van der Waals surface area contributed by atoms with Crippen LogP contribution in [0.25, 0.3) is 22.0 Å². The normalized spacial score (nSPS) is 10.8. The quantitative estimate of drug-likeness (QED) is 0.404. The summed E-state index contributed by atoms with van der Waals surface area (Å²) < 4.78 is 0. The van der Waals surface area contributed by atoms with Crippen molar-refractivity contribution in [1.29, 1.82) is 0 Å². The van der Waals surface area contributed by atoms with E-state index in [1.165, 1.54) is 22.5 Å². The summed E-state index contributed by atoms with van der Waals surface area (Å²) in [4.78, 5) is 12.2. The minimum absolute atomic E-state index is 0.110. The van der Waals surface area contributed by atoms with E-state index in [0.29, 0.717) is 10.0 Å². The molecule has 0 aliphatic rings. The first-order chi connectivity index (χ1) is 14.1. The van der Waals surface area contributed by atoms with Gasteiger partial charge < -0.3 is 5.32 Å². The maximum Gasteiger partial charge on any atom is 0.234 e. The number of carbonyl (C=O) groups is 1. The lowest BCUT2D eigenvalue weighted by Crippen LogP contribution is -2.15. The summed E-state index contributed by atoms with van der Waals surface area (Å²) in [7, 11) is 0. The van der Waals surface area contributed by atoms with Gasteiger partial charge in [0.1, 0.15) is 5.03 Å². The Morgan fingerprint density at radius 1 is 0.966 bits per heavy atom. The number of nitrogens with one attached hydrogen (secondary N) is 1. The van der Waals surface area contributed by atoms with Crippen LogP contribution < -0.4 is 5.32 Å². The van der Waals surface area contributed by atoms with Crippen molar-refractivity contribution in [2.45, 2.75) is 11.9 Å². The number of thioether (sulfide) groups is 1. The molecule has 1 heterocycles. The second-order valence-corrected chi connectivity index (χ2v) is 7.97. The number of halogens is 1. The van der Waals surface area contributed by atoms with Crippen LogP contribution in [0.4, 0.5) is 5.69 Å². The molecule has 0 aliphatic carbocycles. The largest absolute Gasteiger partial charge is 0.325 e. The smallest absolute Gasteiger partial charge is 0.234 e. The van der Waals surface area contributed by atoms with Crippen LogP contribution in [0.5, 0.6) is 0 Å². The topological polar surface area (TPSA) is 54.9 Å². The van der Waals surface area contributed by atoms with Crippen molar-refractivity contribution < 1.29 is 4.79 Å². The Hall–Kier alpha value is -2.89. The summed E-state index contributed by atoms with van der Waals surface area (Å²) in [6, 6.07) is 23.7. The van der Waals surface area contributed by atoms with Crippen LogP contribution >= 0.6 is 23.4 Å². The number of nitrogens with zero attached hydrogens (tertiary/aromatic N) is 2. The van der Waals surface area contributed by atoms with Gasteiger partial charge in [-0.3, -0.25) is 4.79 Å². The fraction of sp³-hybridized carbons (Fsp3) is 0.0870. The number of fused-ring (bicyclic) bond motifs is 1. The zero-order valence-electron chi connectivity index (χ0n) is 15.7.